The molecule has 3 aliphatic heterocycles. The van der Waals surface area contributed by atoms with Crippen molar-refractivity contribution in [3.05, 3.63) is 66.2 Å². The number of methoxy groups -OCH3 is 1. The van der Waals surface area contributed by atoms with E-state index in [0.717, 1.165) is 93.9 Å². The second-order valence-electron chi connectivity index (χ2n) is 12.1. The monoisotopic (exact) mass is 623 g/mol. The number of hydrogen-bond acceptors (Lipinski definition) is 9. The topological polar surface area (TPSA) is 92.9 Å². The number of amides is 1. The standard InChI is InChI=1S/C36H41N5O5/c1-43-33-23-29-31(37-25-27-7-4-16-41(27)36(29)42)24-34(33)45-22-6-15-40-19-17-39(18-20-40)14-5-21-44-28-12-10-26(11-13-28)35-38-30-8-2-3-9-32(30)46-35/h2-3,8-13,23-25,27H,4-7,14-22H2,1H3/t27-/m0/s1. The average molecular weight is 624 g/mol. The molecule has 1 amide bonds. The molecule has 3 aromatic carbocycles. The molecule has 7 rings (SSSR count). The van der Waals surface area contributed by atoms with E-state index in [9.17, 15) is 4.79 Å². The van der Waals surface area contributed by atoms with Gasteiger partial charge in [0.1, 0.15) is 11.3 Å². The quantitative estimate of drug-likeness (QED) is 0.186. The number of aliphatic imine (C=N–C) groups is 1. The SMILES string of the molecule is COc1cc2c(cc1OCCCN1CCN(CCCOc3ccc(-c4nc5ccccc5o4)cc3)CC1)N=C[C@@H]1CCCN1C2=O. The molecule has 0 bridgehead atoms. The molecular formula is C36H41N5O5. The molecule has 1 atom stereocenters. The summed E-state index contributed by atoms with van der Waals surface area (Å²) in [5.41, 5.74) is 3.84. The van der Waals surface area contributed by atoms with Gasteiger partial charge in [-0.25, -0.2) is 4.98 Å². The number of aromatic nitrogens is 1. The normalized spacial score (nSPS) is 18.4. The highest BCUT2D eigenvalue weighted by atomic mass is 16.5. The van der Waals surface area contributed by atoms with Crippen molar-refractivity contribution >= 4 is 28.9 Å². The summed E-state index contributed by atoms with van der Waals surface area (Å²) >= 11 is 0. The van der Waals surface area contributed by atoms with Gasteiger partial charge in [-0.3, -0.25) is 9.79 Å². The first kappa shape index (κ1) is 30.3. The lowest BCUT2D eigenvalue weighted by Gasteiger charge is -2.34. The van der Waals surface area contributed by atoms with Crippen molar-refractivity contribution in [1.29, 1.82) is 0 Å². The van der Waals surface area contributed by atoms with Gasteiger partial charge in [0.15, 0.2) is 17.1 Å². The molecule has 10 heteroatoms. The third-order valence-electron chi connectivity index (χ3n) is 9.08. The zero-order chi connectivity index (χ0) is 31.3. The first-order chi connectivity index (χ1) is 22.6. The number of rotatable bonds is 12. The fourth-order valence-electron chi connectivity index (χ4n) is 6.49. The van der Waals surface area contributed by atoms with Crippen LogP contribution in [-0.4, -0.2) is 104 Å². The lowest BCUT2D eigenvalue weighted by Crippen LogP contribution is -2.47. The van der Waals surface area contributed by atoms with Gasteiger partial charge in [0.2, 0.25) is 5.89 Å². The summed E-state index contributed by atoms with van der Waals surface area (Å²) in [7, 11) is 1.61. The number of carbonyl (C=O) groups excluding carboxylic acids is 1. The summed E-state index contributed by atoms with van der Waals surface area (Å²) in [6, 6.07) is 19.5. The molecule has 2 saturated heterocycles. The van der Waals surface area contributed by atoms with Crippen LogP contribution in [0.5, 0.6) is 17.2 Å². The lowest BCUT2D eigenvalue weighted by molar-refractivity contribution is 0.0774. The van der Waals surface area contributed by atoms with Crippen LogP contribution in [0.3, 0.4) is 0 Å². The highest BCUT2D eigenvalue weighted by Gasteiger charge is 2.32. The van der Waals surface area contributed by atoms with Gasteiger partial charge in [0, 0.05) is 63.7 Å². The summed E-state index contributed by atoms with van der Waals surface area (Å²) in [4.78, 5) is 29.2. The van der Waals surface area contributed by atoms with Crippen LogP contribution in [-0.2, 0) is 0 Å². The van der Waals surface area contributed by atoms with E-state index in [0.29, 0.717) is 41.9 Å². The zero-order valence-electron chi connectivity index (χ0n) is 26.4. The van der Waals surface area contributed by atoms with E-state index in [-0.39, 0.29) is 11.9 Å². The van der Waals surface area contributed by atoms with Gasteiger partial charge in [0.25, 0.3) is 5.91 Å². The summed E-state index contributed by atoms with van der Waals surface area (Å²) < 4.78 is 23.6. The molecule has 4 aromatic rings. The van der Waals surface area contributed by atoms with Crippen LogP contribution in [0.4, 0.5) is 5.69 Å². The van der Waals surface area contributed by atoms with Crippen LogP contribution >= 0.6 is 0 Å². The molecule has 0 spiro atoms. The highest BCUT2D eigenvalue weighted by Crippen LogP contribution is 2.38. The number of carbonyl (C=O) groups is 1. The minimum Gasteiger partial charge on any atom is -0.494 e. The second kappa shape index (κ2) is 13.9. The summed E-state index contributed by atoms with van der Waals surface area (Å²) in [5.74, 6) is 2.72. The summed E-state index contributed by atoms with van der Waals surface area (Å²) in [6.07, 6.45) is 5.78. The second-order valence-corrected chi connectivity index (χ2v) is 12.1. The van der Waals surface area contributed by atoms with E-state index in [1.165, 1.54) is 0 Å². The Morgan fingerprint density at radius 2 is 1.61 bits per heavy atom. The van der Waals surface area contributed by atoms with Crippen LogP contribution in [0.25, 0.3) is 22.6 Å². The van der Waals surface area contributed by atoms with Crippen LogP contribution in [0.2, 0.25) is 0 Å². The number of fused-ring (bicyclic) bond motifs is 3. The van der Waals surface area contributed by atoms with E-state index in [1.807, 2.05) is 65.7 Å². The van der Waals surface area contributed by atoms with E-state index in [1.54, 1.807) is 13.2 Å². The number of nitrogens with zero attached hydrogens (tertiary/aromatic N) is 5. The van der Waals surface area contributed by atoms with Crippen molar-refractivity contribution in [2.45, 2.75) is 31.7 Å². The number of ether oxygens (including phenoxy) is 3. The molecule has 0 N–H and O–H groups in total. The van der Waals surface area contributed by atoms with Gasteiger partial charge < -0.3 is 33.3 Å². The Kier molecular flexibility index (Phi) is 9.16. The maximum Gasteiger partial charge on any atom is 0.256 e. The molecule has 0 unspecified atom stereocenters. The molecule has 2 fully saturated rings. The molecule has 10 nitrogen and oxygen atoms in total. The average Bonchev–Trinajstić information content (AvgIpc) is 3.73. The predicted molar refractivity (Wildman–Crippen MR) is 178 cm³/mol. The molecule has 46 heavy (non-hydrogen) atoms. The van der Waals surface area contributed by atoms with Crippen molar-refractivity contribution in [3.63, 3.8) is 0 Å². The molecule has 0 saturated carbocycles. The molecule has 0 radical (unpaired) electrons. The van der Waals surface area contributed by atoms with Crippen LogP contribution in [0, 0.1) is 0 Å². The van der Waals surface area contributed by atoms with Crippen LogP contribution in [0.1, 0.15) is 36.0 Å². The van der Waals surface area contributed by atoms with Crippen molar-refractivity contribution < 1.29 is 23.4 Å². The number of para-hydroxylation sites is 2. The summed E-state index contributed by atoms with van der Waals surface area (Å²) in [6.45, 7) is 8.27. The minimum atomic E-state index is 0.0230. The fraction of sp³-hybridized carbons (Fsp3) is 0.417. The number of piperazine rings is 1. The van der Waals surface area contributed by atoms with Gasteiger partial charge in [0.05, 0.1) is 37.6 Å². The minimum absolute atomic E-state index is 0.0230. The molecule has 4 heterocycles. The fourth-order valence-corrected chi connectivity index (χ4v) is 6.49. The molecule has 1 aromatic heterocycles. The Morgan fingerprint density at radius 1 is 0.870 bits per heavy atom. The van der Waals surface area contributed by atoms with Crippen molar-refractivity contribution in [3.8, 4) is 28.7 Å². The Bertz CT molecular complexity index is 1650. The van der Waals surface area contributed by atoms with E-state index >= 15 is 0 Å². The Morgan fingerprint density at radius 3 is 2.35 bits per heavy atom. The van der Waals surface area contributed by atoms with E-state index < -0.39 is 0 Å². The first-order valence-electron chi connectivity index (χ1n) is 16.4. The van der Waals surface area contributed by atoms with Gasteiger partial charge >= 0.3 is 0 Å². The highest BCUT2D eigenvalue weighted by molar-refractivity contribution is 6.03. The number of hydrogen-bond donors (Lipinski definition) is 0. The van der Waals surface area contributed by atoms with Gasteiger partial charge in [-0.05, 0) is 68.1 Å². The van der Waals surface area contributed by atoms with Gasteiger partial charge in [-0.1, -0.05) is 12.1 Å². The van der Waals surface area contributed by atoms with E-state index in [4.69, 9.17) is 18.6 Å². The van der Waals surface area contributed by atoms with Crippen molar-refractivity contribution in [2.75, 3.05) is 66.1 Å². The third kappa shape index (κ3) is 6.73. The van der Waals surface area contributed by atoms with Crippen LogP contribution in [0.15, 0.2) is 70.1 Å². The Hall–Kier alpha value is -4.41. The van der Waals surface area contributed by atoms with Crippen LogP contribution < -0.4 is 14.2 Å². The zero-order valence-corrected chi connectivity index (χ0v) is 26.4. The van der Waals surface area contributed by atoms with Gasteiger partial charge in [-0.2, -0.15) is 0 Å². The maximum atomic E-state index is 13.1. The maximum absolute atomic E-state index is 13.1. The van der Waals surface area contributed by atoms with Crippen molar-refractivity contribution in [1.82, 2.24) is 19.7 Å². The Balaban J connectivity index is 0.799. The molecular weight excluding hydrogens is 582 g/mol. The Labute approximate surface area is 269 Å². The number of benzene rings is 3. The first-order valence-corrected chi connectivity index (χ1v) is 16.4. The molecule has 3 aliphatic rings. The van der Waals surface area contributed by atoms with E-state index in [2.05, 4.69) is 19.8 Å². The molecule has 240 valence electrons. The smallest absolute Gasteiger partial charge is 0.256 e. The van der Waals surface area contributed by atoms with Gasteiger partial charge in [-0.15, -0.1) is 0 Å². The van der Waals surface area contributed by atoms with Crippen molar-refractivity contribution in [2.24, 2.45) is 4.99 Å². The largest absolute Gasteiger partial charge is 0.494 e. The number of oxazole rings is 1. The lowest BCUT2D eigenvalue weighted by atomic mass is 10.1. The predicted octanol–water partition coefficient (Wildman–Crippen LogP) is 5.68. The molecule has 0 aliphatic carbocycles. The third-order valence-corrected chi connectivity index (χ3v) is 9.08. The summed E-state index contributed by atoms with van der Waals surface area (Å²) in [5, 5.41) is 0.